The molecule has 0 heterocycles. The van der Waals surface area contributed by atoms with Crippen molar-refractivity contribution in [1.82, 2.24) is 5.32 Å². The Labute approximate surface area is 96.4 Å². The number of quaternary nitrogens is 1. The summed E-state index contributed by atoms with van der Waals surface area (Å²) in [5, 5.41) is 13.2. The Kier molecular flexibility index (Phi) is 6.03. The maximum atomic E-state index is 11.6. The lowest BCUT2D eigenvalue weighted by molar-refractivity contribution is -0.406. The minimum atomic E-state index is -1.25. The standard InChI is InChI=1S/C11H22N2O3/c1-6(2)5-8(12)10(14)13-9(7(3)4)11(15)16/h6-9H,5,12H2,1-4H3,(H,13,14)(H,15,16)/t8-,9-/m0/s1. The zero-order valence-electron chi connectivity index (χ0n) is 10.4. The van der Waals surface area contributed by atoms with Crippen LogP contribution in [0, 0.1) is 11.8 Å². The molecule has 94 valence electrons. The van der Waals surface area contributed by atoms with Crippen molar-refractivity contribution in [2.45, 2.75) is 46.2 Å². The molecule has 0 bridgehead atoms. The van der Waals surface area contributed by atoms with Gasteiger partial charge in [-0.05, 0) is 11.8 Å². The molecule has 0 saturated heterocycles. The highest BCUT2D eigenvalue weighted by Crippen LogP contribution is 2.04. The van der Waals surface area contributed by atoms with Crippen LogP contribution >= 0.6 is 0 Å². The zero-order chi connectivity index (χ0) is 12.9. The fourth-order valence-corrected chi connectivity index (χ4v) is 1.44. The van der Waals surface area contributed by atoms with E-state index in [-0.39, 0.29) is 11.8 Å². The highest BCUT2D eigenvalue weighted by atomic mass is 16.4. The van der Waals surface area contributed by atoms with Gasteiger partial charge in [0.2, 0.25) is 0 Å². The lowest BCUT2D eigenvalue weighted by Gasteiger charge is -2.24. The molecule has 0 rings (SSSR count). The van der Waals surface area contributed by atoms with Crippen LogP contribution in [0.15, 0.2) is 0 Å². The molecule has 5 heteroatoms. The molecule has 0 fully saturated rings. The van der Waals surface area contributed by atoms with E-state index in [2.05, 4.69) is 11.1 Å². The first-order valence-corrected chi connectivity index (χ1v) is 5.60. The Morgan fingerprint density at radius 3 is 2.06 bits per heavy atom. The largest absolute Gasteiger partial charge is 0.548 e. The van der Waals surface area contributed by atoms with Crippen LogP contribution in [0.1, 0.15) is 34.1 Å². The molecule has 0 aliphatic rings. The second-order valence-corrected chi connectivity index (χ2v) is 4.88. The molecular formula is C11H22N2O3. The van der Waals surface area contributed by atoms with E-state index in [1.807, 2.05) is 13.8 Å². The lowest BCUT2D eigenvalue weighted by Crippen LogP contribution is -2.69. The van der Waals surface area contributed by atoms with Crippen LogP contribution < -0.4 is 16.2 Å². The summed E-state index contributed by atoms with van der Waals surface area (Å²) in [6.07, 6.45) is 0.643. The third-order valence-corrected chi connectivity index (χ3v) is 2.35. The second kappa shape index (κ2) is 6.48. The fraction of sp³-hybridized carbons (Fsp3) is 0.818. The maximum Gasteiger partial charge on any atom is 0.278 e. The van der Waals surface area contributed by atoms with Gasteiger partial charge >= 0.3 is 0 Å². The summed E-state index contributed by atoms with van der Waals surface area (Å²) in [5.74, 6) is -1.41. The Balaban J connectivity index is 4.35. The zero-order valence-corrected chi connectivity index (χ0v) is 10.4. The summed E-state index contributed by atoms with van der Waals surface area (Å²) < 4.78 is 0. The van der Waals surface area contributed by atoms with Gasteiger partial charge in [0.1, 0.15) is 0 Å². The van der Waals surface area contributed by atoms with E-state index in [0.29, 0.717) is 12.3 Å². The smallest absolute Gasteiger partial charge is 0.278 e. The van der Waals surface area contributed by atoms with Crippen molar-refractivity contribution in [3.8, 4) is 0 Å². The number of hydrogen-bond donors (Lipinski definition) is 2. The summed E-state index contributed by atoms with van der Waals surface area (Å²) in [4.78, 5) is 22.4. The van der Waals surface area contributed by atoms with Gasteiger partial charge in [0.05, 0.1) is 12.0 Å². The summed E-state index contributed by atoms with van der Waals surface area (Å²) in [6, 6.07) is -1.36. The van der Waals surface area contributed by atoms with Crippen molar-refractivity contribution in [1.29, 1.82) is 0 Å². The molecule has 0 saturated carbocycles. The van der Waals surface area contributed by atoms with Gasteiger partial charge in [-0.2, -0.15) is 0 Å². The van der Waals surface area contributed by atoms with Gasteiger partial charge in [0, 0.05) is 6.42 Å². The first-order valence-electron chi connectivity index (χ1n) is 5.60. The molecule has 0 aliphatic carbocycles. The Bertz CT molecular complexity index is 252. The number of rotatable bonds is 6. The highest BCUT2D eigenvalue weighted by molar-refractivity contribution is 5.85. The van der Waals surface area contributed by atoms with Gasteiger partial charge in [0.25, 0.3) is 5.91 Å². The molecule has 0 unspecified atom stereocenters. The van der Waals surface area contributed by atoms with Gasteiger partial charge < -0.3 is 21.0 Å². The van der Waals surface area contributed by atoms with E-state index in [9.17, 15) is 14.7 Å². The number of carbonyl (C=O) groups excluding carboxylic acids is 2. The SMILES string of the molecule is CC(C)C[C@H]([NH3+])C(=O)N[C@H](C(=O)[O-])C(C)C. The minimum absolute atomic E-state index is 0.194. The van der Waals surface area contributed by atoms with Gasteiger partial charge in [-0.15, -0.1) is 0 Å². The monoisotopic (exact) mass is 230 g/mol. The summed E-state index contributed by atoms with van der Waals surface area (Å²) in [6.45, 7) is 7.43. The third-order valence-electron chi connectivity index (χ3n) is 2.35. The molecule has 0 aromatic rings. The Morgan fingerprint density at radius 1 is 1.25 bits per heavy atom. The Hall–Kier alpha value is -1.10. The van der Waals surface area contributed by atoms with Crippen molar-refractivity contribution in [3.63, 3.8) is 0 Å². The van der Waals surface area contributed by atoms with Crippen LogP contribution in [-0.2, 0) is 9.59 Å². The number of amides is 1. The van der Waals surface area contributed by atoms with Gasteiger partial charge in [-0.3, -0.25) is 4.79 Å². The van der Waals surface area contributed by atoms with Crippen molar-refractivity contribution in [3.05, 3.63) is 0 Å². The number of aliphatic carboxylic acids is 1. The van der Waals surface area contributed by atoms with Gasteiger partial charge in [0.15, 0.2) is 6.04 Å². The first-order chi connectivity index (χ1) is 7.25. The van der Waals surface area contributed by atoms with E-state index in [4.69, 9.17) is 0 Å². The molecule has 1 amide bonds. The van der Waals surface area contributed by atoms with Crippen LogP contribution in [0.2, 0.25) is 0 Å². The molecule has 2 atom stereocenters. The first kappa shape index (κ1) is 14.9. The van der Waals surface area contributed by atoms with Crippen molar-refractivity contribution >= 4 is 11.9 Å². The van der Waals surface area contributed by atoms with E-state index >= 15 is 0 Å². The van der Waals surface area contributed by atoms with E-state index in [1.54, 1.807) is 13.8 Å². The maximum absolute atomic E-state index is 11.6. The molecule has 5 nitrogen and oxygen atoms in total. The summed E-state index contributed by atoms with van der Waals surface area (Å²) in [7, 11) is 0. The van der Waals surface area contributed by atoms with Gasteiger partial charge in [-0.1, -0.05) is 27.7 Å². The minimum Gasteiger partial charge on any atom is -0.548 e. The quantitative estimate of drug-likeness (QED) is 0.583. The van der Waals surface area contributed by atoms with Crippen LogP contribution in [0.25, 0.3) is 0 Å². The molecule has 16 heavy (non-hydrogen) atoms. The van der Waals surface area contributed by atoms with Crippen LogP contribution in [0.4, 0.5) is 0 Å². The van der Waals surface area contributed by atoms with Crippen molar-refractivity contribution in [2.75, 3.05) is 0 Å². The van der Waals surface area contributed by atoms with E-state index in [1.165, 1.54) is 0 Å². The topological polar surface area (TPSA) is 96.9 Å². The lowest BCUT2D eigenvalue weighted by atomic mass is 10.0. The highest BCUT2D eigenvalue weighted by Gasteiger charge is 2.23. The molecular weight excluding hydrogens is 208 g/mol. The van der Waals surface area contributed by atoms with E-state index in [0.717, 1.165) is 0 Å². The fourth-order valence-electron chi connectivity index (χ4n) is 1.44. The van der Waals surface area contributed by atoms with Crippen LogP contribution in [0.3, 0.4) is 0 Å². The Morgan fingerprint density at radius 2 is 1.75 bits per heavy atom. The molecule has 0 aliphatic heterocycles. The predicted octanol–water partition coefficient (Wildman–Crippen LogP) is -1.47. The molecule has 4 N–H and O–H groups in total. The van der Waals surface area contributed by atoms with Crippen LogP contribution in [0.5, 0.6) is 0 Å². The van der Waals surface area contributed by atoms with Crippen molar-refractivity contribution < 1.29 is 20.4 Å². The third kappa shape index (κ3) is 5.11. The van der Waals surface area contributed by atoms with Gasteiger partial charge in [-0.25, -0.2) is 0 Å². The normalized spacial score (nSPS) is 14.9. The number of hydrogen-bond acceptors (Lipinski definition) is 3. The van der Waals surface area contributed by atoms with Crippen molar-refractivity contribution in [2.24, 2.45) is 11.8 Å². The average Bonchev–Trinajstić information content (AvgIpc) is 2.11. The molecule has 0 spiro atoms. The number of carbonyl (C=O) groups is 2. The number of carboxylic acids is 1. The van der Waals surface area contributed by atoms with E-state index < -0.39 is 18.1 Å². The number of carboxylic acid groups (broad SMARTS) is 1. The molecule has 0 aromatic carbocycles. The molecule has 0 aromatic heterocycles. The predicted molar refractivity (Wildman–Crippen MR) is 57.9 cm³/mol. The average molecular weight is 230 g/mol. The second-order valence-electron chi connectivity index (χ2n) is 4.88. The molecule has 0 radical (unpaired) electrons. The van der Waals surface area contributed by atoms with Crippen LogP contribution in [-0.4, -0.2) is 24.0 Å². The summed E-state index contributed by atoms with van der Waals surface area (Å²) in [5.41, 5.74) is 3.72. The summed E-state index contributed by atoms with van der Waals surface area (Å²) >= 11 is 0. The number of nitrogens with one attached hydrogen (secondary N) is 1.